The molecule has 1 fully saturated rings. The molecule has 0 saturated heterocycles. The molecule has 0 aliphatic heterocycles. The van der Waals surface area contributed by atoms with Crippen LogP contribution >= 0.6 is 11.6 Å². The molecular weight excluding hydrogens is 237 g/mol. The van der Waals surface area contributed by atoms with Gasteiger partial charge in [-0.2, -0.15) is 0 Å². The van der Waals surface area contributed by atoms with E-state index in [-0.39, 0.29) is 11.2 Å². The quantitative estimate of drug-likeness (QED) is 0.844. The Labute approximate surface area is 107 Å². The molecule has 1 saturated carbocycles. The molecule has 3 heteroatoms. The number of hydrogen-bond donors (Lipinski definition) is 1. The molecule has 0 heterocycles. The standard InChI is InChI=1S/C14H19ClFN/c1-14(2,9-17-12-4-5-12)8-10-7-11(16)3-6-13(10)15/h3,6-7,12,17H,4-5,8-9H2,1-2H3. The first-order valence-corrected chi connectivity index (χ1v) is 6.51. The predicted octanol–water partition coefficient (Wildman–Crippen LogP) is 3.80. The molecule has 0 aromatic heterocycles. The lowest BCUT2D eigenvalue weighted by molar-refractivity contribution is 0.336. The molecule has 1 N–H and O–H groups in total. The van der Waals surface area contributed by atoms with Crippen molar-refractivity contribution in [2.45, 2.75) is 39.2 Å². The molecule has 0 spiro atoms. The average molecular weight is 256 g/mol. The lowest BCUT2D eigenvalue weighted by atomic mass is 9.85. The Balaban J connectivity index is 1.99. The maximum Gasteiger partial charge on any atom is 0.123 e. The van der Waals surface area contributed by atoms with Gasteiger partial charge in [-0.25, -0.2) is 4.39 Å². The zero-order valence-corrected chi connectivity index (χ0v) is 11.1. The maximum absolute atomic E-state index is 13.2. The second-order valence-corrected chi connectivity index (χ2v) is 6.14. The van der Waals surface area contributed by atoms with Crippen molar-refractivity contribution in [3.63, 3.8) is 0 Å². The Bertz CT molecular complexity index is 399. The third kappa shape index (κ3) is 3.97. The molecule has 94 valence electrons. The summed E-state index contributed by atoms with van der Waals surface area (Å²) in [7, 11) is 0. The highest BCUT2D eigenvalue weighted by Crippen LogP contribution is 2.28. The van der Waals surface area contributed by atoms with E-state index < -0.39 is 0 Å². The first-order chi connectivity index (χ1) is 7.96. The molecule has 0 bridgehead atoms. The largest absolute Gasteiger partial charge is 0.313 e. The summed E-state index contributed by atoms with van der Waals surface area (Å²) in [4.78, 5) is 0. The van der Waals surface area contributed by atoms with Crippen LogP contribution in [0.1, 0.15) is 32.3 Å². The number of benzene rings is 1. The van der Waals surface area contributed by atoms with Crippen LogP contribution in [-0.4, -0.2) is 12.6 Å². The van der Waals surface area contributed by atoms with Crippen LogP contribution in [0.2, 0.25) is 5.02 Å². The first kappa shape index (κ1) is 12.8. The average Bonchev–Trinajstić information content (AvgIpc) is 3.04. The first-order valence-electron chi connectivity index (χ1n) is 6.14. The molecule has 1 aliphatic carbocycles. The van der Waals surface area contributed by atoms with Gasteiger partial charge in [0.2, 0.25) is 0 Å². The van der Waals surface area contributed by atoms with Gasteiger partial charge in [-0.3, -0.25) is 0 Å². The summed E-state index contributed by atoms with van der Waals surface area (Å²) in [6.07, 6.45) is 3.37. The summed E-state index contributed by atoms with van der Waals surface area (Å²) in [5.41, 5.74) is 0.995. The van der Waals surface area contributed by atoms with E-state index >= 15 is 0 Å². The summed E-state index contributed by atoms with van der Waals surface area (Å²) < 4.78 is 13.2. The van der Waals surface area contributed by atoms with Gasteiger partial charge in [0.05, 0.1) is 0 Å². The van der Waals surface area contributed by atoms with E-state index in [1.807, 2.05) is 0 Å². The van der Waals surface area contributed by atoms with E-state index in [9.17, 15) is 4.39 Å². The minimum atomic E-state index is -0.213. The van der Waals surface area contributed by atoms with Crippen molar-refractivity contribution in [2.24, 2.45) is 5.41 Å². The normalized spacial score (nSPS) is 16.2. The summed E-state index contributed by atoms with van der Waals surface area (Å²) >= 11 is 6.09. The molecule has 0 amide bonds. The highest BCUT2D eigenvalue weighted by atomic mass is 35.5. The van der Waals surface area contributed by atoms with E-state index in [1.165, 1.54) is 18.9 Å². The second-order valence-electron chi connectivity index (χ2n) is 5.73. The Morgan fingerprint density at radius 2 is 2.12 bits per heavy atom. The van der Waals surface area contributed by atoms with Crippen LogP contribution in [0.25, 0.3) is 0 Å². The monoisotopic (exact) mass is 255 g/mol. The van der Waals surface area contributed by atoms with E-state index in [2.05, 4.69) is 19.2 Å². The van der Waals surface area contributed by atoms with Crippen molar-refractivity contribution in [1.82, 2.24) is 5.32 Å². The van der Waals surface area contributed by atoms with E-state index in [0.717, 1.165) is 18.5 Å². The second kappa shape index (κ2) is 4.95. The zero-order chi connectivity index (χ0) is 12.5. The molecule has 2 rings (SSSR count). The van der Waals surface area contributed by atoms with Crippen LogP contribution in [0, 0.1) is 11.2 Å². The molecule has 0 atom stereocenters. The number of nitrogens with one attached hydrogen (secondary N) is 1. The highest BCUT2D eigenvalue weighted by molar-refractivity contribution is 6.31. The van der Waals surface area contributed by atoms with Gasteiger partial charge in [-0.15, -0.1) is 0 Å². The van der Waals surface area contributed by atoms with Crippen molar-refractivity contribution in [3.05, 3.63) is 34.6 Å². The fourth-order valence-electron chi connectivity index (χ4n) is 1.96. The van der Waals surface area contributed by atoms with E-state index in [4.69, 9.17) is 11.6 Å². The summed E-state index contributed by atoms with van der Waals surface area (Å²) in [5, 5.41) is 4.17. The van der Waals surface area contributed by atoms with Crippen molar-refractivity contribution in [2.75, 3.05) is 6.54 Å². The van der Waals surface area contributed by atoms with Crippen molar-refractivity contribution in [1.29, 1.82) is 0 Å². The third-order valence-electron chi connectivity index (χ3n) is 3.12. The van der Waals surface area contributed by atoms with Crippen LogP contribution in [0.4, 0.5) is 4.39 Å². The Kier molecular flexibility index (Phi) is 3.74. The Morgan fingerprint density at radius 1 is 1.41 bits per heavy atom. The molecule has 1 aliphatic rings. The third-order valence-corrected chi connectivity index (χ3v) is 3.49. The fourth-order valence-corrected chi connectivity index (χ4v) is 2.15. The molecule has 0 radical (unpaired) electrons. The topological polar surface area (TPSA) is 12.0 Å². The molecule has 1 aromatic carbocycles. The minimum absolute atomic E-state index is 0.0972. The summed E-state index contributed by atoms with van der Waals surface area (Å²) in [6.45, 7) is 5.32. The fraction of sp³-hybridized carbons (Fsp3) is 0.571. The van der Waals surface area contributed by atoms with Gasteiger partial charge in [0.1, 0.15) is 5.82 Å². The van der Waals surface area contributed by atoms with Gasteiger partial charge >= 0.3 is 0 Å². The SMILES string of the molecule is CC(C)(CNC1CC1)Cc1cc(F)ccc1Cl. The van der Waals surface area contributed by atoms with Crippen molar-refractivity contribution < 1.29 is 4.39 Å². The molecular formula is C14H19ClFN. The van der Waals surface area contributed by atoms with Gasteiger partial charge in [-0.05, 0) is 48.4 Å². The molecule has 17 heavy (non-hydrogen) atoms. The van der Waals surface area contributed by atoms with Crippen LogP contribution < -0.4 is 5.32 Å². The Morgan fingerprint density at radius 3 is 2.76 bits per heavy atom. The van der Waals surface area contributed by atoms with Gasteiger partial charge in [0, 0.05) is 17.6 Å². The van der Waals surface area contributed by atoms with Crippen LogP contribution in [0.5, 0.6) is 0 Å². The summed E-state index contributed by atoms with van der Waals surface area (Å²) in [6, 6.07) is 5.29. The molecule has 0 unspecified atom stereocenters. The summed E-state index contributed by atoms with van der Waals surface area (Å²) in [5.74, 6) is -0.213. The van der Waals surface area contributed by atoms with Gasteiger partial charge in [-0.1, -0.05) is 25.4 Å². The number of hydrogen-bond acceptors (Lipinski definition) is 1. The lowest BCUT2D eigenvalue weighted by Gasteiger charge is -2.25. The van der Waals surface area contributed by atoms with E-state index in [1.54, 1.807) is 12.1 Å². The van der Waals surface area contributed by atoms with Crippen molar-refractivity contribution >= 4 is 11.6 Å². The molecule has 1 nitrogen and oxygen atoms in total. The lowest BCUT2D eigenvalue weighted by Crippen LogP contribution is -2.32. The number of rotatable bonds is 5. The Hall–Kier alpha value is -0.600. The smallest absolute Gasteiger partial charge is 0.123 e. The molecule has 1 aromatic rings. The predicted molar refractivity (Wildman–Crippen MR) is 69.9 cm³/mol. The highest BCUT2D eigenvalue weighted by Gasteiger charge is 2.26. The van der Waals surface area contributed by atoms with Crippen LogP contribution in [0.15, 0.2) is 18.2 Å². The minimum Gasteiger partial charge on any atom is -0.313 e. The van der Waals surface area contributed by atoms with Crippen LogP contribution in [-0.2, 0) is 6.42 Å². The van der Waals surface area contributed by atoms with E-state index in [0.29, 0.717) is 11.1 Å². The van der Waals surface area contributed by atoms with Gasteiger partial charge < -0.3 is 5.32 Å². The van der Waals surface area contributed by atoms with Crippen LogP contribution in [0.3, 0.4) is 0 Å². The van der Waals surface area contributed by atoms with Crippen molar-refractivity contribution in [3.8, 4) is 0 Å². The van der Waals surface area contributed by atoms with Gasteiger partial charge in [0.25, 0.3) is 0 Å². The zero-order valence-electron chi connectivity index (χ0n) is 10.4. The van der Waals surface area contributed by atoms with Gasteiger partial charge in [0.15, 0.2) is 0 Å². The number of halogens is 2. The maximum atomic E-state index is 13.2.